The quantitative estimate of drug-likeness (QED) is 0.334. The van der Waals surface area contributed by atoms with Crippen LogP contribution in [0.3, 0.4) is 0 Å². The first-order chi connectivity index (χ1) is 2.77. The van der Waals surface area contributed by atoms with E-state index in [2.05, 4.69) is 0 Å². The zero-order valence-corrected chi connectivity index (χ0v) is 3.16. The van der Waals surface area contributed by atoms with Crippen LogP contribution in [0.1, 0.15) is 6.42 Å². The van der Waals surface area contributed by atoms with E-state index in [1.54, 1.807) is 0 Å². The maximum absolute atomic E-state index is 9.30. The molecular weight excluding hydrogens is 84.0 g/mol. The molecule has 0 aliphatic heterocycles. The van der Waals surface area contributed by atoms with Crippen LogP contribution in [0.5, 0.6) is 0 Å². The molecule has 0 spiro atoms. The van der Waals surface area contributed by atoms with E-state index < -0.39 is 6.29 Å². The van der Waals surface area contributed by atoms with Gasteiger partial charge in [0.25, 0.3) is 0 Å². The molecule has 0 aliphatic rings. The number of rotatable bonds is 2. The standard InChI is InChI=1S/C3H6O3/c4-2-1-3(5)6/h2-3,5-6H,1H2. The maximum atomic E-state index is 9.30. The summed E-state index contributed by atoms with van der Waals surface area (Å²) in [6, 6.07) is 0. The Bertz CT molecular complexity index is 41.3. The molecule has 0 aliphatic carbocycles. The molecule has 36 valence electrons. The van der Waals surface area contributed by atoms with Crippen LogP contribution in [0.25, 0.3) is 0 Å². The molecular formula is C3H6O3. The topological polar surface area (TPSA) is 57.5 Å². The van der Waals surface area contributed by atoms with Gasteiger partial charge in [-0.3, -0.25) is 0 Å². The molecule has 0 atom stereocenters. The molecule has 3 heteroatoms. The van der Waals surface area contributed by atoms with Gasteiger partial charge >= 0.3 is 0 Å². The summed E-state index contributed by atoms with van der Waals surface area (Å²) >= 11 is 0. The highest BCUT2D eigenvalue weighted by atomic mass is 16.5. The van der Waals surface area contributed by atoms with E-state index in [-0.39, 0.29) is 6.42 Å². The third-order valence-corrected chi connectivity index (χ3v) is 0.307. The van der Waals surface area contributed by atoms with Gasteiger partial charge in [-0.25, -0.2) is 0 Å². The summed E-state index contributed by atoms with van der Waals surface area (Å²) in [7, 11) is 0. The lowest BCUT2D eigenvalue weighted by molar-refractivity contribution is -0.115. The summed E-state index contributed by atoms with van der Waals surface area (Å²) in [5.41, 5.74) is 0. The van der Waals surface area contributed by atoms with Crippen LogP contribution in [0, 0.1) is 0 Å². The number of hydrogen-bond acceptors (Lipinski definition) is 3. The zero-order chi connectivity index (χ0) is 4.99. The summed E-state index contributed by atoms with van der Waals surface area (Å²) < 4.78 is 0. The van der Waals surface area contributed by atoms with E-state index in [1.165, 1.54) is 0 Å². The first-order valence-corrected chi connectivity index (χ1v) is 1.57. The summed E-state index contributed by atoms with van der Waals surface area (Å²) in [6.07, 6.45) is -1.22. The number of aldehydes is 1. The Morgan fingerprint density at radius 3 is 2.17 bits per heavy atom. The van der Waals surface area contributed by atoms with Crippen molar-refractivity contribution in [2.45, 2.75) is 12.7 Å². The molecule has 0 aromatic rings. The van der Waals surface area contributed by atoms with Gasteiger partial charge in [-0.05, 0) is 0 Å². The molecule has 2 N–H and O–H groups in total. The van der Waals surface area contributed by atoms with Crippen molar-refractivity contribution in [3.05, 3.63) is 0 Å². The van der Waals surface area contributed by atoms with Gasteiger partial charge < -0.3 is 15.0 Å². The summed E-state index contributed by atoms with van der Waals surface area (Å²) in [4.78, 5) is 9.30. The second-order valence-corrected chi connectivity index (χ2v) is 0.883. The third kappa shape index (κ3) is 3.59. The number of hydrogen-bond donors (Lipinski definition) is 2. The van der Waals surface area contributed by atoms with E-state index in [9.17, 15) is 4.79 Å². The fourth-order valence-corrected chi connectivity index (χ4v) is 0.0861. The molecule has 0 aromatic carbocycles. The second kappa shape index (κ2) is 2.81. The van der Waals surface area contributed by atoms with Crippen molar-refractivity contribution in [2.24, 2.45) is 0 Å². The van der Waals surface area contributed by atoms with Crippen LogP contribution in [-0.2, 0) is 4.79 Å². The monoisotopic (exact) mass is 90.0 g/mol. The normalized spacial score (nSPS) is 9.17. The third-order valence-electron chi connectivity index (χ3n) is 0.307. The average Bonchev–Trinajstić information content (AvgIpc) is 1.35. The average molecular weight is 90.1 g/mol. The maximum Gasteiger partial charge on any atom is 0.158 e. The molecule has 0 rings (SSSR count). The lowest BCUT2D eigenvalue weighted by Crippen LogP contribution is -2.02. The van der Waals surface area contributed by atoms with Crippen LogP contribution >= 0.6 is 0 Å². The fraction of sp³-hybridized carbons (Fsp3) is 0.667. The Morgan fingerprint density at radius 2 is 2.17 bits per heavy atom. The summed E-state index contributed by atoms with van der Waals surface area (Å²) in [5, 5.41) is 15.8. The predicted molar refractivity (Wildman–Crippen MR) is 18.9 cm³/mol. The van der Waals surface area contributed by atoms with Crippen LogP contribution in [0.2, 0.25) is 0 Å². The molecule has 0 amide bonds. The summed E-state index contributed by atoms with van der Waals surface area (Å²) in [5.74, 6) is 0. The lowest BCUT2D eigenvalue weighted by atomic mass is 10.5. The number of aliphatic hydroxyl groups excluding tert-OH is 1. The van der Waals surface area contributed by atoms with Gasteiger partial charge in [-0.1, -0.05) is 0 Å². The number of aliphatic hydroxyl groups is 2. The van der Waals surface area contributed by atoms with Gasteiger partial charge in [0.05, 0.1) is 6.42 Å². The minimum absolute atomic E-state index is 0.194. The molecule has 0 aromatic heterocycles. The van der Waals surface area contributed by atoms with Crippen LogP contribution in [0.4, 0.5) is 0 Å². The fourth-order valence-electron chi connectivity index (χ4n) is 0.0861. The molecule has 3 nitrogen and oxygen atoms in total. The lowest BCUT2D eigenvalue weighted by Gasteiger charge is -1.89. The Kier molecular flexibility index (Phi) is 2.62. The first kappa shape index (κ1) is 5.59. The van der Waals surface area contributed by atoms with Gasteiger partial charge in [0.15, 0.2) is 6.29 Å². The van der Waals surface area contributed by atoms with Crippen molar-refractivity contribution >= 4 is 6.29 Å². The molecule has 0 heterocycles. The molecule has 0 saturated carbocycles. The van der Waals surface area contributed by atoms with Crippen molar-refractivity contribution < 1.29 is 15.0 Å². The molecule has 0 saturated heterocycles. The van der Waals surface area contributed by atoms with Crippen molar-refractivity contribution in [3.8, 4) is 0 Å². The van der Waals surface area contributed by atoms with Gasteiger partial charge in [0.2, 0.25) is 0 Å². The Labute approximate surface area is 35.2 Å². The second-order valence-electron chi connectivity index (χ2n) is 0.883. The summed E-state index contributed by atoms with van der Waals surface area (Å²) in [6.45, 7) is 0. The van der Waals surface area contributed by atoms with Crippen LogP contribution in [-0.4, -0.2) is 22.8 Å². The highest BCUT2D eigenvalue weighted by Crippen LogP contribution is 1.75. The largest absolute Gasteiger partial charge is 0.368 e. The Hall–Kier alpha value is -0.410. The minimum Gasteiger partial charge on any atom is -0.368 e. The van der Waals surface area contributed by atoms with Crippen molar-refractivity contribution in [1.29, 1.82) is 0 Å². The van der Waals surface area contributed by atoms with Crippen LogP contribution < -0.4 is 0 Å². The van der Waals surface area contributed by atoms with Gasteiger partial charge in [-0.2, -0.15) is 0 Å². The van der Waals surface area contributed by atoms with Crippen molar-refractivity contribution in [2.75, 3.05) is 0 Å². The van der Waals surface area contributed by atoms with Gasteiger partial charge in [0, 0.05) is 0 Å². The highest BCUT2D eigenvalue weighted by Gasteiger charge is 1.89. The van der Waals surface area contributed by atoms with E-state index in [4.69, 9.17) is 10.2 Å². The zero-order valence-electron chi connectivity index (χ0n) is 3.16. The van der Waals surface area contributed by atoms with Crippen LogP contribution in [0.15, 0.2) is 0 Å². The Morgan fingerprint density at radius 1 is 1.67 bits per heavy atom. The SMILES string of the molecule is O=CCC(O)O. The van der Waals surface area contributed by atoms with E-state index in [0.717, 1.165) is 0 Å². The molecule has 0 fully saturated rings. The highest BCUT2D eigenvalue weighted by molar-refractivity contribution is 5.49. The predicted octanol–water partition coefficient (Wildman–Crippen LogP) is -1.11. The molecule has 0 radical (unpaired) electrons. The smallest absolute Gasteiger partial charge is 0.158 e. The van der Waals surface area contributed by atoms with Crippen molar-refractivity contribution in [3.63, 3.8) is 0 Å². The molecule has 0 unspecified atom stereocenters. The number of carbonyl (C=O) groups is 1. The van der Waals surface area contributed by atoms with Gasteiger partial charge in [0.1, 0.15) is 6.29 Å². The van der Waals surface area contributed by atoms with Crippen molar-refractivity contribution in [1.82, 2.24) is 0 Å². The van der Waals surface area contributed by atoms with E-state index in [1.807, 2.05) is 0 Å². The number of carbonyl (C=O) groups excluding carboxylic acids is 1. The van der Waals surface area contributed by atoms with E-state index >= 15 is 0 Å². The first-order valence-electron chi connectivity index (χ1n) is 1.57. The molecule has 6 heavy (non-hydrogen) atoms. The Balaban J connectivity index is 2.81. The molecule has 0 bridgehead atoms. The van der Waals surface area contributed by atoms with E-state index in [0.29, 0.717) is 6.29 Å². The van der Waals surface area contributed by atoms with Gasteiger partial charge in [-0.15, -0.1) is 0 Å². The minimum atomic E-state index is -1.47.